The lowest BCUT2D eigenvalue weighted by atomic mass is 10.2. The summed E-state index contributed by atoms with van der Waals surface area (Å²) in [5, 5.41) is 4.93. The molecule has 1 saturated heterocycles. The average molecular weight is 410 g/mol. The summed E-state index contributed by atoms with van der Waals surface area (Å²) in [6.45, 7) is 6.31. The van der Waals surface area contributed by atoms with Gasteiger partial charge < -0.3 is 4.90 Å². The van der Waals surface area contributed by atoms with E-state index in [1.165, 1.54) is 5.56 Å². The van der Waals surface area contributed by atoms with Crippen molar-refractivity contribution in [3.05, 3.63) is 82.4 Å². The molecule has 0 unspecified atom stereocenters. The second kappa shape index (κ2) is 8.76. The Bertz CT molecular complexity index is 966. The van der Waals surface area contributed by atoms with Gasteiger partial charge in [0.2, 0.25) is 0 Å². The predicted octanol–water partition coefficient (Wildman–Crippen LogP) is 3.25. The van der Waals surface area contributed by atoms with Crippen molar-refractivity contribution in [2.75, 3.05) is 26.2 Å². The van der Waals surface area contributed by atoms with Gasteiger partial charge in [0.25, 0.3) is 5.91 Å². The van der Waals surface area contributed by atoms with E-state index in [9.17, 15) is 4.79 Å². The third kappa shape index (κ3) is 4.49. The third-order valence-corrected chi connectivity index (χ3v) is 5.65. The van der Waals surface area contributed by atoms with Crippen LogP contribution in [0.4, 0.5) is 0 Å². The summed E-state index contributed by atoms with van der Waals surface area (Å²) in [6, 6.07) is 14.0. The summed E-state index contributed by atoms with van der Waals surface area (Å²) in [4.78, 5) is 21.4. The van der Waals surface area contributed by atoms with E-state index in [2.05, 4.69) is 15.0 Å². The number of piperazine rings is 1. The smallest absolute Gasteiger partial charge is 0.258 e. The molecule has 2 aromatic heterocycles. The number of benzene rings is 1. The molecule has 1 aliphatic rings. The van der Waals surface area contributed by atoms with Gasteiger partial charge in [-0.2, -0.15) is 5.10 Å². The topological polar surface area (TPSA) is 54.3 Å². The minimum absolute atomic E-state index is 0.0321. The lowest BCUT2D eigenvalue weighted by molar-refractivity contribution is 0.0628. The SMILES string of the molecule is Cc1nn(Cc2ccccc2)c(Cl)c1C(=O)N1CCN(Cc2ccncc2)CC1. The number of halogens is 1. The van der Waals surface area contributed by atoms with E-state index in [1.54, 1.807) is 4.68 Å². The molecule has 29 heavy (non-hydrogen) atoms. The Morgan fingerprint density at radius 1 is 0.966 bits per heavy atom. The van der Waals surface area contributed by atoms with Gasteiger partial charge in [-0.15, -0.1) is 0 Å². The molecule has 0 saturated carbocycles. The number of hydrogen-bond acceptors (Lipinski definition) is 4. The number of amides is 1. The molecule has 1 fully saturated rings. The molecule has 1 aliphatic heterocycles. The van der Waals surface area contributed by atoms with E-state index in [1.807, 2.05) is 66.7 Å². The molecule has 1 aromatic carbocycles. The van der Waals surface area contributed by atoms with Gasteiger partial charge in [-0.25, -0.2) is 4.68 Å². The Morgan fingerprint density at radius 2 is 1.62 bits per heavy atom. The maximum Gasteiger partial charge on any atom is 0.258 e. The zero-order chi connectivity index (χ0) is 20.2. The molecular formula is C22H24ClN5O. The third-order valence-electron chi connectivity index (χ3n) is 5.27. The Labute approximate surface area is 175 Å². The Morgan fingerprint density at radius 3 is 2.31 bits per heavy atom. The highest BCUT2D eigenvalue weighted by molar-refractivity contribution is 6.33. The van der Waals surface area contributed by atoms with Crippen LogP contribution in [0.2, 0.25) is 5.15 Å². The van der Waals surface area contributed by atoms with Crippen molar-refractivity contribution < 1.29 is 4.79 Å². The molecule has 7 heteroatoms. The number of nitrogens with zero attached hydrogens (tertiary/aromatic N) is 5. The van der Waals surface area contributed by atoms with E-state index in [4.69, 9.17) is 11.6 Å². The average Bonchev–Trinajstić information content (AvgIpc) is 3.02. The highest BCUT2D eigenvalue weighted by Crippen LogP contribution is 2.23. The van der Waals surface area contributed by atoms with Crippen molar-refractivity contribution in [2.24, 2.45) is 0 Å². The first-order chi connectivity index (χ1) is 14.1. The van der Waals surface area contributed by atoms with Crippen LogP contribution in [0, 0.1) is 6.92 Å². The second-order valence-electron chi connectivity index (χ2n) is 7.32. The molecule has 0 spiro atoms. The molecule has 0 N–H and O–H groups in total. The predicted molar refractivity (Wildman–Crippen MR) is 113 cm³/mol. The van der Waals surface area contributed by atoms with Crippen LogP contribution in [0.1, 0.15) is 27.2 Å². The number of aromatic nitrogens is 3. The first-order valence-electron chi connectivity index (χ1n) is 9.79. The van der Waals surface area contributed by atoms with Gasteiger partial charge in [-0.3, -0.25) is 14.7 Å². The highest BCUT2D eigenvalue weighted by Gasteiger charge is 2.27. The van der Waals surface area contributed by atoms with Gasteiger partial charge in [-0.1, -0.05) is 41.9 Å². The van der Waals surface area contributed by atoms with Crippen LogP contribution in [-0.4, -0.2) is 56.7 Å². The molecule has 4 rings (SSSR count). The van der Waals surface area contributed by atoms with Crippen LogP contribution in [0.5, 0.6) is 0 Å². The van der Waals surface area contributed by atoms with Crippen LogP contribution >= 0.6 is 11.6 Å². The van der Waals surface area contributed by atoms with Crippen molar-refractivity contribution in [1.82, 2.24) is 24.6 Å². The largest absolute Gasteiger partial charge is 0.336 e. The number of carbonyl (C=O) groups excluding carboxylic acids is 1. The Kier molecular flexibility index (Phi) is 5.92. The summed E-state index contributed by atoms with van der Waals surface area (Å²) in [5.41, 5.74) is 3.53. The molecule has 3 heterocycles. The molecule has 3 aromatic rings. The van der Waals surface area contributed by atoms with Gasteiger partial charge in [0.15, 0.2) is 0 Å². The molecule has 0 radical (unpaired) electrons. The molecular weight excluding hydrogens is 386 g/mol. The van der Waals surface area contributed by atoms with Crippen molar-refractivity contribution >= 4 is 17.5 Å². The summed E-state index contributed by atoms with van der Waals surface area (Å²) in [6.07, 6.45) is 3.62. The van der Waals surface area contributed by atoms with Gasteiger partial charge in [0, 0.05) is 45.1 Å². The summed E-state index contributed by atoms with van der Waals surface area (Å²) < 4.78 is 1.71. The van der Waals surface area contributed by atoms with Gasteiger partial charge in [0.05, 0.1) is 17.8 Å². The van der Waals surface area contributed by atoms with Gasteiger partial charge in [-0.05, 0) is 30.2 Å². The Balaban J connectivity index is 1.41. The zero-order valence-electron chi connectivity index (χ0n) is 16.5. The fourth-order valence-corrected chi connectivity index (χ4v) is 3.99. The number of hydrogen-bond donors (Lipinski definition) is 0. The van der Waals surface area contributed by atoms with Crippen molar-refractivity contribution in [3.63, 3.8) is 0 Å². The number of carbonyl (C=O) groups is 1. The fraction of sp³-hybridized carbons (Fsp3) is 0.318. The maximum atomic E-state index is 13.1. The van der Waals surface area contributed by atoms with E-state index in [0.29, 0.717) is 36.0 Å². The molecule has 0 atom stereocenters. The second-order valence-corrected chi connectivity index (χ2v) is 7.68. The van der Waals surface area contributed by atoms with Crippen molar-refractivity contribution in [1.29, 1.82) is 0 Å². The van der Waals surface area contributed by atoms with E-state index >= 15 is 0 Å². The van der Waals surface area contributed by atoms with Gasteiger partial charge in [0.1, 0.15) is 5.15 Å². The van der Waals surface area contributed by atoms with Crippen molar-refractivity contribution in [3.8, 4) is 0 Å². The standard InChI is InChI=1S/C22H24ClN5O/c1-17-20(21(23)28(25-17)16-18-5-3-2-4-6-18)22(29)27-13-11-26(12-14-27)15-19-7-9-24-10-8-19/h2-10H,11-16H2,1H3. The zero-order valence-corrected chi connectivity index (χ0v) is 17.2. The van der Waals surface area contributed by atoms with Crippen LogP contribution in [-0.2, 0) is 13.1 Å². The van der Waals surface area contributed by atoms with Crippen LogP contribution in [0.3, 0.4) is 0 Å². The highest BCUT2D eigenvalue weighted by atomic mass is 35.5. The summed E-state index contributed by atoms with van der Waals surface area (Å²) in [7, 11) is 0. The van der Waals surface area contributed by atoms with E-state index < -0.39 is 0 Å². The van der Waals surface area contributed by atoms with Crippen LogP contribution < -0.4 is 0 Å². The van der Waals surface area contributed by atoms with Gasteiger partial charge >= 0.3 is 0 Å². The van der Waals surface area contributed by atoms with E-state index in [0.717, 1.165) is 25.2 Å². The number of aryl methyl sites for hydroxylation is 1. The first kappa shape index (κ1) is 19.6. The number of pyridine rings is 1. The quantitative estimate of drug-likeness (QED) is 0.649. The normalized spacial score (nSPS) is 14.9. The monoisotopic (exact) mass is 409 g/mol. The Hall–Kier alpha value is -2.70. The van der Waals surface area contributed by atoms with Crippen LogP contribution in [0.15, 0.2) is 54.9 Å². The molecule has 0 aliphatic carbocycles. The minimum Gasteiger partial charge on any atom is -0.336 e. The van der Waals surface area contributed by atoms with E-state index in [-0.39, 0.29) is 5.91 Å². The molecule has 6 nitrogen and oxygen atoms in total. The fourth-order valence-electron chi connectivity index (χ4n) is 3.67. The van der Waals surface area contributed by atoms with Crippen molar-refractivity contribution in [2.45, 2.75) is 20.0 Å². The lowest BCUT2D eigenvalue weighted by Gasteiger charge is -2.34. The lowest BCUT2D eigenvalue weighted by Crippen LogP contribution is -2.48. The minimum atomic E-state index is -0.0321. The molecule has 1 amide bonds. The molecule has 0 bridgehead atoms. The first-order valence-corrected chi connectivity index (χ1v) is 10.2. The summed E-state index contributed by atoms with van der Waals surface area (Å²) in [5.74, 6) is -0.0321. The maximum absolute atomic E-state index is 13.1. The number of rotatable bonds is 5. The molecule has 150 valence electrons. The van der Waals surface area contributed by atoms with Crippen LogP contribution in [0.25, 0.3) is 0 Å². The summed E-state index contributed by atoms with van der Waals surface area (Å²) >= 11 is 6.57.